The molecule has 3 aromatic heterocycles. The largest absolute Gasteiger partial charge is 0.406 e. The van der Waals surface area contributed by atoms with Gasteiger partial charge in [-0.2, -0.15) is 13.2 Å². The molecule has 4 N–H and O–H groups in total. The number of aliphatic hydroxyl groups is 2. The molecule has 5 atom stereocenters. The minimum Gasteiger partial charge on any atom is -0.379 e. The molecule has 0 spiro atoms. The molecule has 6 radical (unpaired) electrons. The lowest BCUT2D eigenvalue weighted by atomic mass is 9.58. The molecule has 6 heterocycles. The summed E-state index contributed by atoms with van der Waals surface area (Å²) < 4.78 is 46.9. The van der Waals surface area contributed by atoms with Gasteiger partial charge >= 0.3 is 6.18 Å². The number of fused-ring (bicyclic) bond motifs is 1. The van der Waals surface area contributed by atoms with Crippen molar-refractivity contribution >= 4 is 57.2 Å². The van der Waals surface area contributed by atoms with Crippen LogP contribution in [0.3, 0.4) is 0 Å². The van der Waals surface area contributed by atoms with Crippen molar-refractivity contribution in [3.8, 4) is 22.5 Å². The second kappa shape index (κ2) is 25.0. The van der Waals surface area contributed by atoms with E-state index in [0.717, 1.165) is 92.2 Å². The lowest BCUT2D eigenvalue weighted by Crippen LogP contribution is -2.55. The minimum atomic E-state index is -4.60. The van der Waals surface area contributed by atoms with E-state index in [1.165, 1.54) is 17.4 Å². The van der Waals surface area contributed by atoms with Gasteiger partial charge in [0.05, 0.1) is 67.6 Å². The van der Waals surface area contributed by atoms with Crippen LogP contribution >= 0.6 is 11.3 Å². The maximum absolute atomic E-state index is 15.2. The minimum absolute atomic E-state index is 0.0172. The van der Waals surface area contributed by atoms with Crippen LogP contribution in [0.4, 0.5) is 18.9 Å². The Bertz CT molecular complexity index is 3070. The number of anilines is 1. The Kier molecular flexibility index (Phi) is 19.0. The topological polar surface area (TPSA) is 132 Å². The van der Waals surface area contributed by atoms with Gasteiger partial charge in [0.1, 0.15) is 20.2 Å². The van der Waals surface area contributed by atoms with Gasteiger partial charge in [0, 0.05) is 129 Å². The summed E-state index contributed by atoms with van der Waals surface area (Å²) in [5.41, 5.74) is 7.87. The normalized spacial score (nSPS) is 22.2. The molecule has 5 unspecified atom stereocenters. The van der Waals surface area contributed by atoms with Crippen LogP contribution in [0, 0.1) is 23.2 Å². The first-order valence-electron chi connectivity index (χ1n) is 30.9. The number of halogens is 3. The lowest BCUT2D eigenvalue weighted by Gasteiger charge is -2.41. The fourth-order valence-electron chi connectivity index (χ4n) is 14.1. The third kappa shape index (κ3) is 13.3. The zero-order valence-corrected chi connectivity index (χ0v) is 53.0. The van der Waals surface area contributed by atoms with Gasteiger partial charge in [-0.15, -0.1) is 11.3 Å². The third-order valence-electron chi connectivity index (χ3n) is 19.1. The number of rotatable bonds is 26. The lowest BCUT2D eigenvalue weighted by molar-refractivity contribution is -0.139. The molecule has 14 nitrogen and oxygen atoms in total. The number of hydrogen-bond acceptors (Lipinski definition) is 14. The van der Waals surface area contributed by atoms with E-state index in [0.29, 0.717) is 82.7 Å². The molecule has 1 aromatic carbocycles. The van der Waals surface area contributed by atoms with E-state index in [-0.39, 0.29) is 49.2 Å². The summed E-state index contributed by atoms with van der Waals surface area (Å²) in [6.07, 6.45) is 4.01. The standard InChI is InChI=1S/C64H91B3F3N11O3S/c1-14-76(45(10)75(13)43(8)47-17-18-47)35-46-21-24-78(36-46)58(40(4)5)42(7)73-53(44(9)81-23-16-15-22-72-81)31-56-74-54(37-85-56)48-19-20-55-50(29-48)52(33-60(11,12)32-41(6)82)59(80(55)38-61(68,69)70)51-30-49(34-71-57(51)39(2)3)77-25-27-79(28-26-77)63(67)62(65,66)64(63,83)84/h19-20,29-30,34,37,39-40,43,46-47,53,58,72-73,83-84H,7,9-10,14-18,21-28,31-33,35-36,38H2,1-6,8,11-13H3. The fraction of sp³-hybridized carbons (Fsp3) is 0.641. The van der Waals surface area contributed by atoms with E-state index in [1.807, 2.05) is 51.3 Å². The number of nitrogens with one attached hydrogen (secondary N) is 2. The van der Waals surface area contributed by atoms with Crippen LogP contribution < -0.4 is 15.6 Å². The molecule has 5 aliphatic rings. The summed E-state index contributed by atoms with van der Waals surface area (Å²) in [5, 5.41) is 28.9. The van der Waals surface area contributed by atoms with Gasteiger partial charge in [0.2, 0.25) is 0 Å². The van der Waals surface area contributed by atoms with Crippen molar-refractivity contribution in [3.63, 3.8) is 0 Å². The van der Waals surface area contributed by atoms with E-state index in [2.05, 4.69) is 76.7 Å². The number of benzene rings is 1. The number of likely N-dealkylation sites (tertiary alicyclic amines) is 1. The molecule has 5 fully saturated rings. The predicted octanol–water partition coefficient (Wildman–Crippen LogP) is 9.19. The summed E-state index contributed by atoms with van der Waals surface area (Å²) in [4.78, 5) is 34.3. The highest BCUT2D eigenvalue weighted by atomic mass is 32.1. The number of hydrazine groups is 1. The molecule has 0 amide bonds. The van der Waals surface area contributed by atoms with E-state index in [4.69, 9.17) is 46.7 Å². The first kappa shape index (κ1) is 64.7. The molecule has 3 saturated heterocycles. The number of nitrogens with zero attached hydrogens (tertiary/aromatic N) is 9. The third-order valence-corrected chi connectivity index (χ3v) is 20.0. The molecule has 85 heavy (non-hydrogen) atoms. The Balaban J connectivity index is 1.02. The van der Waals surface area contributed by atoms with Crippen LogP contribution in [0.1, 0.15) is 123 Å². The van der Waals surface area contributed by atoms with Crippen LogP contribution in [0.15, 0.2) is 72.8 Å². The highest BCUT2D eigenvalue weighted by Crippen LogP contribution is 2.66. The molecule has 0 bridgehead atoms. The molecule has 2 saturated carbocycles. The van der Waals surface area contributed by atoms with Gasteiger partial charge in [-0.25, -0.2) is 10.4 Å². The van der Waals surface area contributed by atoms with Crippen LogP contribution in [0.25, 0.3) is 33.4 Å². The second-order valence-electron chi connectivity index (χ2n) is 26.8. The van der Waals surface area contributed by atoms with E-state index in [9.17, 15) is 15.0 Å². The number of piperazine rings is 1. The molecule has 2 aliphatic carbocycles. The van der Waals surface area contributed by atoms with Gasteiger partial charge in [-0.3, -0.25) is 14.8 Å². The van der Waals surface area contributed by atoms with Crippen LogP contribution in [0.2, 0.25) is 5.21 Å². The SMILES string of the molecule is [B]C1([B])C(O)(O)C1([B])N1CCN(c2cnc(C(C)C)c(-c3c(CC(C)(C)CC(C)=O)c4cc(-c5csc(CC(NC(=C)C(C(C)C)N6CCC(CN(CC)C(=C)N(C)C(C)C7CC7)C6)C(=C)N6CCCCN6)n5)ccc4n3CC(F)(F)F)c2)CC1. The first-order valence-corrected chi connectivity index (χ1v) is 31.8. The Morgan fingerprint density at radius 2 is 1.68 bits per heavy atom. The molecule has 4 aromatic rings. The van der Waals surface area contributed by atoms with E-state index >= 15 is 13.2 Å². The smallest absolute Gasteiger partial charge is 0.379 e. The van der Waals surface area contributed by atoms with Crippen molar-refractivity contribution in [2.45, 2.75) is 167 Å². The number of pyridine rings is 1. The number of Topliss-reactive ketones (excluding diaryl/α,β-unsaturated/α-hetero) is 1. The molecular weight excluding hydrogens is 1090 g/mol. The van der Waals surface area contributed by atoms with Gasteiger partial charge in [-0.1, -0.05) is 67.3 Å². The van der Waals surface area contributed by atoms with Gasteiger partial charge in [0.25, 0.3) is 0 Å². The number of thiazole rings is 1. The Morgan fingerprint density at radius 3 is 2.27 bits per heavy atom. The summed E-state index contributed by atoms with van der Waals surface area (Å²) >= 11 is 1.55. The van der Waals surface area contributed by atoms with Gasteiger partial charge in [-0.05, 0) is 124 Å². The van der Waals surface area contributed by atoms with Crippen LogP contribution in [0.5, 0.6) is 0 Å². The van der Waals surface area contributed by atoms with Crippen LogP contribution in [-0.2, 0) is 24.2 Å². The maximum Gasteiger partial charge on any atom is 0.406 e. The summed E-state index contributed by atoms with van der Waals surface area (Å²) in [6, 6.07) is 7.86. The quantitative estimate of drug-likeness (QED) is 0.0353. The average molecular weight is 1180 g/mol. The number of ketones is 1. The Morgan fingerprint density at radius 1 is 0.988 bits per heavy atom. The van der Waals surface area contributed by atoms with Crippen molar-refractivity contribution in [2.24, 2.45) is 23.2 Å². The highest BCUT2D eigenvalue weighted by molar-refractivity contribution is 7.10. The number of carbonyl (C=O) groups excluding carboxylic acids is 1. The molecule has 9 rings (SSSR count). The highest BCUT2D eigenvalue weighted by Gasteiger charge is 2.79. The summed E-state index contributed by atoms with van der Waals surface area (Å²) in [5.74, 6) is -0.0519. The number of carbonyl (C=O) groups is 1. The number of hydrogen-bond donors (Lipinski definition) is 4. The first-order chi connectivity index (χ1) is 39.9. The van der Waals surface area contributed by atoms with Crippen molar-refractivity contribution < 1.29 is 28.2 Å². The van der Waals surface area contributed by atoms with Gasteiger partial charge in [0.15, 0.2) is 5.79 Å². The second-order valence-corrected chi connectivity index (χ2v) is 27.8. The van der Waals surface area contributed by atoms with Crippen molar-refractivity contribution in [2.75, 3.05) is 77.4 Å². The maximum atomic E-state index is 15.2. The van der Waals surface area contributed by atoms with E-state index in [1.54, 1.807) is 35.4 Å². The number of aromatic nitrogens is 3. The molecule has 456 valence electrons. The van der Waals surface area contributed by atoms with Crippen molar-refractivity contribution in [1.82, 2.24) is 49.9 Å². The summed E-state index contributed by atoms with van der Waals surface area (Å²) in [7, 11) is 20.7. The predicted molar refractivity (Wildman–Crippen MR) is 340 cm³/mol. The molecular formula is C64H91B3F3N11O3S. The zero-order valence-electron chi connectivity index (χ0n) is 52.2. The van der Waals surface area contributed by atoms with E-state index < -0.39 is 34.6 Å². The van der Waals surface area contributed by atoms with Crippen molar-refractivity contribution in [1.29, 1.82) is 0 Å². The zero-order chi connectivity index (χ0) is 61.9. The van der Waals surface area contributed by atoms with Crippen LogP contribution in [-0.4, -0.2) is 187 Å². The summed E-state index contributed by atoms with van der Waals surface area (Å²) in [6.45, 7) is 38.2. The number of alkyl halides is 3. The Labute approximate surface area is 511 Å². The fourth-order valence-corrected chi connectivity index (χ4v) is 14.9. The van der Waals surface area contributed by atoms with Crippen molar-refractivity contribution in [3.05, 3.63) is 89.1 Å². The Hall–Kier alpha value is -4.79. The molecule has 3 aliphatic heterocycles. The monoisotopic (exact) mass is 1180 g/mol. The van der Waals surface area contributed by atoms with Gasteiger partial charge < -0.3 is 44.6 Å². The average Bonchev–Trinajstić information content (AvgIpc) is 1.50. The molecule has 21 heteroatoms.